The molecule has 0 saturated heterocycles. The number of hydrogen-bond acceptors (Lipinski definition) is 3. The molecule has 0 aromatic heterocycles. The third kappa shape index (κ3) is 4.80. The van der Waals surface area contributed by atoms with Crippen molar-refractivity contribution in [2.45, 2.75) is 12.4 Å². The Hall–Kier alpha value is -0.670. The summed E-state index contributed by atoms with van der Waals surface area (Å²) in [5.74, 6) is 0.873. The molecule has 1 rings (SSSR count). The second-order valence-corrected chi connectivity index (χ2v) is 3.36. The molecule has 0 saturated carbocycles. The van der Waals surface area contributed by atoms with E-state index in [-0.39, 0.29) is 5.44 Å². The number of thiol groups is 1. The maximum Gasteiger partial charge on any atom is 0.119 e. The third-order valence-electron chi connectivity index (χ3n) is 1.45. The van der Waals surface area contributed by atoms with E-state index in [1.54, 1.807) is 0 Å². The Kier molecular flexibility index (Phi) is 4.72. The Morgan fingerprint density at radius 3 is 2.54 bits per heavy atom. The molecular formula is C10H14O2S. The van der Waals surface area contributed by atoms with Gasteiger partial charge in [0, 0.05) is 0 Å². The van der Waals surface area contributed by atoms with Crippen LogP contribution < -0.4 is 4.74 Å². The molecule has 1 aromatic rings. The lowest BCUT2D eigenvalue weighted by Gasteiger charge is -2.08. The van der Waals surface area contributed by atoms with Crippen LogP contribution in [0, 0.1) is 0 Å². The Labute approximate surface area is 84.3 Å². The summed E-state index contributed by atoms with van der Waals surface area (Å²) < 4.78 is 10.6. The quantitative estimate of drug-likeness (QED) is 0.445. The summed E-state index contributed by atoms with van der Waals surface area (Å²) in [6.45, 7) is 3.01. The largest absolute Gasteiger partial charge is 0.491 e. The lowest BCUT2D eigenvalue weighted by molar-refractivity contribution is 0.0927. The molecular weight excluding hydrogens is 184 g/mol. The van der Waals surface area contributed by atoms with Crippen LogP contribution in [-0.2, 0) is 4.74 Å². The van der Waals surface area contributed by atoms with Crippen LogP contribution in [0.15, 0.2) is 30.3 Å². The van der Waals surface area contributed by atoms with E-state index in [1.165, 1.54) is 0 Å². The maximum absolute atomic E-state index is 5.40. The number of hydrogen-bond donors (Lipinski definition) is 1. The summed E-state index contributed by atoms with van der Waals surface area (Å²) in [4.78, 5) is 0. The Morgan fingerprint density at radius 1 is 1.23 bits per heavy atom. The molecule has 72 valence electrons. The van der Waals surface area contributed by atoms with Crippen LogP contribution in [0.2, 0.25) is 0 Å². The molecule has 0 aliphatic rings. The van der Waals surface area contributed by atoms with E-state index >= 15 is 0 Å². The van der Waals surface area contributed by atoms with Crippen molar-refractivity contribution in [1.82, 2.24) is 0 Å². The van der Waals surface area contributed by atoms with Gasteiger partial charge in [0.1, 0.15) is 12.4 Å². The molecule has 0 N–H and O–H groups in total. The molecule has 1 atom stereocenters. The van der Waals surface area contributed by atoms with Crippen molar-refractivity contribution >= 4 is 12.6 Å². The van der Waals surface area contributed by atoms with Gasteiger partial charge in [-0.1, -0.05) is 18.2 Å². The second-order valence-electron chi connectivity index (χ2n) is 2.63. The molecule has 2 nitrogen and oxygen atoms in total. The molecule has 1 aromatic carbocycles. The fourth-order valence-corrected chi connectivity index (χ4v) is 1.00. The van der Waals surface area contributed by atoms with Crippen molar-refractivity contribution in [3.8, 4) is 5.75 Å². The first-order chi connectivity index (χ1) is 6.29. The van der Waals surface area contributed by atoms with Gasteiger partial charge in [-0.2, -0.15) is 0 Å². The Balaban J connectivity index is 2.13. The van der Waals surface area contributed by atoms with Crippen molar-refractivity contribution < 1.29 is 9.47 Å². The summed E-state index contributed by atoms with van der Waals surface area (Å²) in [6, 6.07) is 9.68. The predicted molar refractivity (Wildman–Crippen MR) is 56.3 cm³/mol. The predicted octanol–water partition coefficient (Wildman–Crippen LogP) is 2.36. The number of rotatable bonds is 5. The lowest BCUT2D eigenvalue weighted by atomic mass is 10.3. The zero-order valence-corrected chi connectivity index (χ0v) is 8.54. The van der Waals surface area contributed by atoms with E-state index in [1.807, 2.05) is 37.3 Å². The maximum atomic E-state index is 5.40. The minimum absolute atomic E-state index is 0.0284. The first kappa shape index (κ1) is 10.4. The molecule has 0 spiro atoms. The van der Waals surface area contributed by atoms with Gasteiger partial charge in [0.25, 0.3) is 0 Å². The van der Waals surface area contributed by atoms with E-state index in [4.69, 9.17) is 9.47 Å². The summed E-state index contributed by atoms with van der Waals surface area (Å²) in [6.07, 6.45) is 0. The van der Waals surface area contributed by atoms with Gasteiger partial charge in [0.05, 0.1) is 12.0 Å². The van der Waals surface area contributed by atoms with Crippen LogP contribution in [0.25, 0.3) is 0 Å². The average Bonchev–Trinajstić information content (AvgIpc) is 2.14. The number of para-hydroxylation sites is 1. The first-order valence-electron chi connectivity index (χ1n) is 4.26. The van der Waals surface area contributed by atoms with Crippen molar-refractivity contribution in [1.29, 1.82) is 0 Å². The first-order valence-corrected chi connectivity index (χ1v) is 4.78. The van der Waals surface area contributed by atoms with E-state index in [0.29, 0.717) is 13.2 Å². The van der Waals surface area contributed by atoms with Crippen LogP contribution in [0.4, 0.5) is 0 Å². The van der Waals surface area contributed by atoms with Crippen molar-refractivity contribution in [3.63, 3.8) is 0 Å². The van der Waals surface area contributed by atoms with Crippen LogP contribution in [0.3, 0.4) is 0 Å². The number of benzene rings is 1. The van der Waals surface area contributed by atoms with E-state index in [9.17, 15) is 0 Å². The van der Waals surface area contributed by atoms with Gasteiger partial charge in [-0.15, -0.1) is 12.6 Å². The second kappa shape index (κ2) is 5.89. The zero-order valence-electron chi connectivity index (χ0n) is 7.64. The summed E-state index contributed by atoms with van der Waals surface area (Å²) in [5.41, 5.74) is -0.0284. The molecule has 0 heterocycles. The molecule has 0 aliphatic carbocycles. The highest BCUT2D eigenvalue weighted by molar-refractivity contribution is 7.80. The minimum Gasteiger partial charge on any atom is -0.491 e. The highest BCUT2D eigenvalue weighted by Crippen LogP contribution is 2.07. The topological polar surface area (TPSA) is 18.5 Å². The van der Waals surface area contributed by atoms with E-state index in [2.05, 4.69) is 12.6 Å². The van der Waals surface area contributed by atoms with Gasteiger partial charge in [0.15, 0.2) is 0 Å². The third-order valence-corrected chi connectivity index (χ3v) is 1.60. The molecule has 0 fully saturated rings. The van der Waals surface area contributed by atoms with Crippen LogP contribution in [0.5, 0.6) is 5.75 Å². The van der Waals surface area contributed by atoms with Gasteiger partial charge < -0.3 is 9.47 Å². The van der Waals surface area contributed by atoms with E-state index < -0.39 is 0 Å². The van der Waals surface area contributed by atoms with Gasteiger partial charge in [-0.25, -0.2) is 0 Å². The Bertz CT molecular complexity index is 224. The SMILES string of the molecule is CC(S)OCCOc1ccccc1. The molecule has 0 aliphatic heterocycles. The minimum atomic E-state index is -0.0284. The molecule has 0 amide bonds. The molecule has 0 bridgehead atoms. The molecule has 3 heteroatoms. The van der Waals surface area contributed by atoms with Crippen LogP contribution in [-0.4, -0.2) is 18.6 Å². The summed E-state index contributed by atoms with van der Waals surface area (Å²) >= 11 is 4.08. The summed E-state index contributed by atoms with van der Waals surface area (Å²) in [7, 11) is 0. The average molecular weight is 198 g/mol. The monoisotopic (exact) mass is 198 g/mol. The van der Waals surface area contributed by atoms with Crippen molar-refractivity contribution in [3.05, 3.63) is 30.3 Å². The Morgan fingerprint density at radius 2 is 1.92 bits per heavy atom. The fraction of sp³-hybridized carbons (Fsp3) is 0.400. The van der Waals surface area contributed by atoms with Gasteiger partial charge in [-0.05, 0) is 19.1 Å². The van der Waals surface area contributed by atoms with Crippen molar-refractivity contribution in [2.24, 2.45) is 0 Å². The lowest BCUT2D eigenvalue weighted by Crippen LogP contribution is -2.09. The van der Waals surface area contributed by atoms with Gasteiger partial charge in [-0.3, -0.25) is 0 Å². The highest BCUT2D eigenvalue weighted by Gasteiger charge is 1.94. The van der Waals surface area contributed by atoms with Gasteiger partial charge >= 0.3 is 0 Å². The van der Waals surface area contributed by atoms with Gasteiger partial charge in [0.2, 0.25) is 0 Å². The van der Waals surface area contributed by atoms with E-state index in [0.717, 1.165) is 5.75 Å². The fourth-order valence-electron chi connectivity index (χ4n) is 0.895. The molecule has 0 radical (unpaired) electrons. The standard InChI is InChI=1S/C10H14O2S/c1-9(13)11-7-8-12-10-5-3-2-4-6-10/h2-6,9,13H,7-8H2,1H3. The smallest absolute Gasteiger partial charge is 0.119 e. The molecule has 1 unspecified atom stereocenters. The van der Waals surface area contributed by atoms with Crippen LogP contribution >= 0.6 is 12.6 Å². The zero-order chi connectivity index (χ0) is 9.52. The number of ether oxygens (including phenoxy) is 2. The van der Waals surface area contributed by atoms with Crippen molar-refractivity contribution in [2.75, 3.05) is 13.2 Å². The highest BCUT2D eigenvalue weighted by atomic mass is 32.1. The summed E-state index contributed by atoms with van der Waals surface area (Å²) in [5, 5.41) is 0. The normalized spacial score (nSPS) is 12.5. The van der Waals surface area contributed by atoms with Crippen LogP contribution in [0.1, 0.15) is 6.92 Å². The molecule has 13 heavy (non-hydrogen) atoms.